The molecule has 0 radical (unpaired) electrons. The molecule has 0 aromatic rings. The third kappa shape index (κ3) is 18.7. The number of unbranched alkanes of at least 4 members (excludes halogenated alkanes) is 14. The Balaban J connectivity index is 3.66. The maximum atomic E-state index is 9.59. The lowest BCUT2D eigenvalue weighted by atomic mass is 10.0. The minimum Gasteiger partial charge on any atom is -0.391 e. The first kappa shape index (κ1) is 25.9. The molecule has 158 valence electrons. The molecule has 0 aromatic heterocycles. The van der Waals surface area contributed by atoms with Gasteiger partial charge < -0.3 is 14.9 Å². The van der Waals surface area contributed by atoms with Crippen molar-refractivity contribution >= 4 is 0 Å². The summed E-state index contributed by atoms with van der Waals surface area (Å²) in [7, 11) is 0. The number of aliphatic hydroxyl groups excluding tert-OH is 2. The fourth-order valence-corrected chi connectivity index (χ4v) is 3.56. The summed E-state index contributed by atoms with van der Waals surface area (Å²) in [5, 5.41) is 18.6. The van der Waals surface area contributed by atoms with Gasteiger partial charge in [-0.15, -0.1) is 0 Å². The Bertz CT molecular complexity index is 258. The first-order chi connectivity index (χ1) is 12.7. The van der Waals surface area contributed by atoms with Gasteiger partial charge in [-0.2, -0.15) is 0 Å². The molecule has 0 aliphatic rings. The van der Waals surface area contributed by atoms with E-state index in [2.05, 4.69) is 13.8 Å². The van der Waals surface area contributed by atoms with E-state index in [-0.39, 0.29) is 12.7 Å². The summed E-state index contributed by atoms with van der Waals surface area (Å²) in [5.41, 5.74) is 0. The van der Waals surface area contributed by atoms with E-state index in [1.165, 1.54) is 103 Å². The summed E-state index contributed by atoms with van der Waals surface area (Å²) in [6.07, 6.45) is 22.2. The standard InChI is InChI=1S/C23H48O3/c1-3-5-7-9-11-12-13-14-16-18-20-22(26-23(25)21-24)19-17-15-10-8-6-4-2/h22-25H,3-21H2,1-2H3. The highest BCUT2D eigenvalue weighted by atomic mass is 16.6. The van der Waals surface area contributed by atoms with Gasteiger partial charge in [0.2, 0.25) is 0 Å². The molecule has 0 heterocycles. The van der Waals surface area contributed by atoms with E-state index in [4.69, 9.17) is 9.84 Å². The SMILES string of the molecule is CCCCCCCCCCCCC(CCCCCCCC)OC(O)CO. The molecule has 2 N–H and O–H groups in total. The predicted molar refractivity (Wildman–Crippen MR) is 112 cm³/mol. The maximum absolute atomic E-state index is 9.59. The Kier molecular flexibility index (Phi) is 21.1. The second-order valence-corrected chi connectivity index (χ2v) is 7.92. The maximum Gasteiger partial charge on any atom is 0.178 e. The molecule has 0 fully saturated rings. The van der Waals surface area contributed by atoms with Crippen LogP contribution in [0.15, 0.2) is 0 Å². The van der Waals surface area contributed by atoms with Gasteiger partial charge in [-0.25, -0.2) is 0 Å². The van der Waals surface area contributed by atoms with Crippen LogP contribution in [0, 0.1) is 0 Å². The van der Waals surface area contributed by atoms with Crippen LogP contribution in [0.5, 0.6) is 0 Å². The fourth-order valence-electron chi connectivity index (χ4n) is 3.56. The largest absolute Gasteiger partial charge is 0.391 e. The van der Waals surface area contributed by atoms with Crippen molar-refractivity contribution in [1.29, 1.82) is 0 Å². The van der Waals surface area contributed by atoms with Crippen molar-refractivity contribution in [2.24, 2.45) is 0 Å². The van der Waals surface area contributed by atoms with Gasteiger partial charge in [-0.1, -0.05) is 117 Å². The minimum atomic E-state index is -1.01. The van der Waals surface area contributed by atoms with E-state index in [0.29, 0.717) is 0 Å². The molecule has 0 aliphatic carbocycles. The molecule has 0 saturated heterocycles. The van der Waals surface area contributed by atoms with E-state index in [0.717, 1.165) is 12.8 Å². The number of hydrogen-bond acceptors (Lipinski definition) is 3. The molecule has 0 bridgehead atoms. The van der Waals surface area contributed by atoms with Gasteiger partial charge >= 0.3 is 0 Å². The molecule has 0 saturated carbocycles. The van der Waals surface area contributed by atoms with Crippen LogP contribution < -0.4 is 0 Å². The van der Waals surface area contributed by atoms with Crippen LogP contribution in [0.4, 0.5) is 0 Å². The Morgan fingerprint density at radius 1 is 0.577 bits per heavy atom. The molecule has 0 spiro atoms. The molecule has 2 unspecified atom stereocenters. The molecule has 3 heteroatoms. The summed E-state index contributed by atoms with van der Waals surface area (Å²) >= 11 is 0. The Labute approximate surface area is 163 Å². The first-order valence-electron chi connectivity index (χ1n) is 11.7. The van der Waals surface area contributed by atoms with Crippen molar-refractivity contribution in [2.45, 2.75) is 142 Å². The van der Waals surface area contributed by atoms with Gasteiger partial charge in [0.25, 0.3) is 0 Å². The highest BCUT2D eigenvalue weighted by Gasteiger charge is 2.13. The van der Waals surface area contributed by atoms with Gasteiger partial charge in [0, 0.05) is 0 Å². The minimum absolute atomic E-state index is 0.109. The highest BCUT2D eigenvalue weighted by molar-refractivity contribution is 4.61. The zero-order valence-electron chi connectivity index (χ0n) is 17.9. The molecule has 0 aromatic carbocycles. The average Bonchev–Trinajstić information content (AvgIpc) is 2.65. The van der Waals surface area contributed by atoms with E-state index in [1.54, 1.807) is 0 Å². The number of hydrogen-bond donors (Lipinski definition) is 2. The van der Waals surface area contributed by atoms with Gasteiger partial charge in [0.15, 0.2) is 6.29 Å². The zero-order valence-corrected chi connectivity index (χ0v) is 17.9. The second kappa shape index (κ2) is 21.2. The van der Waals surface area contributed by atoms with Crippen molar-refractivity contribution < 1.29 is 14.9 Å². The van der Waals surface area contributed by atoms with E-state index in [9.17, 15) is 5.11 Å². The van der Waals surface area contributed by atoms with Gasteiger partial charge in [0.1, 0.15) is 0 Å². The molecule has 3 nitrogen and oxygen atoms in total. The topological polar surface area (TPSA) is 49.7 Å². The van der Waals surface area contributed by atoms with Crippen LogP contribution in [0.3, 0.4) is 0 Å². The van der Waals surface area contributed by atoms with Crippen LogP contribution >= 0.6 is 0 Å². The molecule has 0 aliphatic heterocycles. The van der Waals surface area contributed by atoms with Crippen LogP contribution in [0.2, 0.25) is 0 Å². The van der Waals surface area contributed by atoms with Gasteiger partial charge in [-0.3, -0.25) is 0 Å². The summed E-state index contributed by atoms with van der Waals surface area (Å²) in [4.78, 5) is 0. The normalized spacial score (nSPS) is 13.8. The first-order valence-corrected chi connectivity index (χ1v) is 11.7. The quantitative estimate of drug-likeness (QED) is 0.173. The van der Waals surface area contributed by atoms with E-state index < -0.39 is 6.29 Å². The number of aliphatic hydroxyl groups is 2. The van der Waals surface area contributed by atoms with Gasteiger partial charge in [-0.05, 0) is 12.8 Å². The number of rotatable bonds is 21. The smallest absolute Gasteiger partial charge is 0.178 e. The Morgan fingerprint density at radius 2 is 0.923 bits per heavy atom. The van der Waals surface area contributed by atoms with Crippen LogP contribution in [-0.2, 0) is 4.74 Å². The van der Waals surface area contributed by atoms with Crippen molar-refractivity contribution in [3.8, 4) is 0 Å². The predicted octanol–water partition coefficient (Wildman–Crippen LogP) is 6.74. The van der Waals surface area contributed by atoms with Crippen molar-refractivity contribution in [2.75, 3.05) is 6.61 Å². The third-order valence-electron chi connectivity index (χ3n) is 5.27. The molecular weight excluding hydrogens is 324 g/mol. The van der Waals surface area contributed by atoms with Crippen LogP contribution in [0.25, 0.3) is 0 Å². The molecule has 0 rings (SSSR count). The zero-order chi connectivity index (χ0) is 19.3. The van der Waals surface area contributed by atoms with Crippen LogP contribution in [0.1, 0.15) is 129 Å². The summed E-state index contributed by atoms with van der Waals surface area (Å²) in [6.45, 7) is 4.21. The fraction of sp³-hybridized carbons (Fsp3) is 1.00. The van der Waals surface area contributed by atoms with Gasteiger partial charge in [0.05, 0.1) is 12.7 Å². The van der Waals surface area contributed by atoms with E-state index in [1.807, 2.05) is 0 Å². The van der Waals surface area contributed by atoms with Crippen molar-refractivity contribution in [1.82, 2.24) is 0 Å². The lowest BCUT2D eigenvalue weighted by Gasteiger charge is -2.20. The summed E-state index contributed by atoms with van der Waals surface area (Å²) in [6, 6.07) is 0. The lowest BCUT2D eigenvalue weighted by molar-refractivity contribution is -0.159. The summed E-state index contributed by atoms with van der Waals surface area (Å²) < 4.78 is 5.62. The molecule has 0 amide bonds. The second-order valence-electron chi connectivity index (χ2n) is 7.92. The molecule has 2 atom stereocenters. The third-order valence-corrected chi connectivity index (χ3v) is 5.27. The van der Waals surface area contributed by atoms with Crippen LogP contribution in [-0.4, -0.2) is 29.2 Å². The van der Waals surface area contributed by atoms with E-state index >= 15 is 0 Å². The lowest BCUT2D eigenvalue weighted by Crippen LogP contribution is -2.25. The summed E-state index contributed by atoms with van der Waals surface area (Å²) in [5.74, 6) is 0. The molecular formula is C23H48O3. The van der Waals surface area contributed by atoms with Crippen molar-refractivity contribution in [3.63, 3.8) is 0 Å². The monoisotopic (exact) mass is 372 g/mol. The number of ether oxygens (including phenoxy) is 1. The highest BCUT2D eigenvalue weighted by Crippen LogP contribution is 2.18. The molecule has 26 heavy (non-hydrogen) atoms. The van der Waals surface area contributed by atoms with Crippen molar-refractivity contribution in [3.05, 3.63) is 0 Å². The average molecular weight is 373 g/mol. The Morgan fingerprint density at radius 3 is 1.27 bits per heavy atom. The Hall–Kier alpha value is -0.120.